The Labute approximate surface area is 110 Å². The zero-order valence-electron chi connectivity index (χ0n) is 10.0. The zero-order chi connectivity index (χ0) is 13.5. The number of nitrogens with one attached hydrogen (secondary N) is 1. The van der Waals surface area contributed by atoms with E-state index >= 15 is 0 Å². The van der Waals surface area contributed by atoms with Gasteiger partial charge in [0.2, 0.25) is 0 Å². The van der Waals surface area contributed by atoms with E-state index in [1.807, 2.05) is 0 Å². The molecule has 98 valence electrons. The van der Waals surface area contributed by atoms with Gasteiger partial charge in [0, 0.05) is 18.9 Å². The van der Waals surface area contributed by atoms with Crippen LogP contribution < -0.4 is 5.32 Å². The van der Waals surface area contributed by atoms with Crippen LogP contribution in [-0.4, -0.2) is 28.5 Å². The van der Waals surface area contributed by atoms with E-state index in [4.69, 9.17) is 16.7 Å². The number of pyridine rings is 1. The normalized spacial score (nSPS) is 11.9. The molecule has 2 N–H and O–H groups in total. The van der Waals surface area contributed by atoms with E-state index in [1.54, 1.807) is 13.0 Å². The lowest BCUT2D eigenvalue weighted by Crippen LogP contribution is -2.25. The van der Waals surface area contributed by atoms with E-state index in [-0.39, 0.29) is 5.91 Å². The maximum absolute atomic E-state index is 11.7. The van der Waals surface area contributed by atoms with E-state index in [0.717, 1.165) is 0 Å². The first-order valence-corrected chi connectivity index (χ1v) is 6.00. The lowest BCUT2D eigenvalue weighted by atomic mass is 10.1. The molecule has 0 spiro atoms. The van der Waals surface area contributed by atoms with Crippen LogP contribution in [-0.2, 0) is 4.79 Å². The van der Waals surface area contributed by atoms with Crippen LogP contribution in [0.3, 0.4) is 0 Å². The highest BCUT2D eigenvalue weighted by molar-refractivity contribution is 6.33. The van der Waals surface area contributed by atoms with Gasteiger partial charge >= 0.3 is 5.97 Å². The minimum atomic E-state index is -0.823. The molecule has 1 heterocycles. The van der Waals surface area contributed by atoms with Crippen molar-refractivity contribution >= 4 is 23.5 Å². The van der Waals surface area contributed by atoms with Crippen LogP contribution in [0.2, 0.25) is 5.02 Å². The first-order valence-electron chi connectivity index (χ1n) is 5.63. The minimum absolute atomic E-state index is 0.295. The Morgan fingerprint density at radius 3 is 2.89 bits per heavy atom. The molecule has 18 heavy (non-hydrogen) atoms. The Hall–Kier alpha value is -1.62. The molecule has 6 heteroatoms. The Balaban J connectivity index is 2.34. The van der Waals surface area contributed by atoms with Crippen molar-refractivity contribution in [3.8, 4) is 0 Å². The molecular formula is C12H15ClN2O3. The van der Waals surface area contributed by atoms with E-state index in [9.17, 15) is 9.59 Å². The molecule has 0 aliphatic carbocycles. The van der Waals surface area contributed by atoms with Crippen molar-refractivity contribution in [3.05, 3.63) is 29.0 Å². The predicted molar refractivity (Wildman–Crippen MR) is 67.6 cm³/mol. The highest BCUT2D eigenvalue weighted by atomic mass is 35.5. The maximum atomic E-state index is 11.7. The second-order valence-corrected chi connectivity index (χ2v) is 4.40. The molecule has 1 amide bonds. The molecule has 0 saturated heterocycles. The smallest absolute Gasteiger partial charge is 0.306 e. The molecule has 1 aromatic heterocycles. The monoisotopic (exact) mass is 270 g/mol. The van der Waals surface area contributed by atoms with E-state index < -0.39 is 11.9 Å². The fourth-order valence-electron chi connectivity index (χ4n) is 1.37. The Morgan fingerprint density at radius 1 is 1.56 bits per heavy atom. The predicted octanol–water partition coefficient (Wildman–Crippen LogP) is 1.97. The first-order chi connectivity index (χ1) is 8.52. The summed E-state index contributed by atoms with van der Waals surface area (Å²) in [7, 11) is 0. The molecule has 5 nitrogen and oxygen atoms in total. The number of carbonyl (C=O) groups is 2. The molecule has 0 bridgehead atoms. The quantitative estimate of drug-likeness (QED) is 0.775. The molecule has 1 atom stereocenters. The Kier molecular flexibility index (Phi) is 5.58. The highest BCUT2D eigenvalue weighted by Gasteiger charge is 2.12. The standard InChI is InChI=1S/C12H15ClN2O3/c1-8(12(17)18)3-2-5-15-11(16)9-7-14-6-4-10(9)13/h4,6-8H,2-3,5H2,1H3,(H,15,16)(H,17,18). The maximum Gasteiger partial charge on any atom is 0.306 e. The number of amides is 1. The summed E-state index contributed by atoms with van der Waals surface area (Å²) in [5.41, 5.74) is 0.324. The van der Waals surface area contributed by atoms with Crippen LogP contribution in [0.4, 0.5) is 0 Å². The fraction of sp³-hybridized carbons (Fsp3) is 0.417. The number of carboxylic acids is 1. The second-order valence-electron chi connectivity index (χ2n) is 3.99. The number of aromatic nitrogens is 1. The van der Waals surface area contributed by atoms with E-state index in [0.29, 0.717) is 30.0 Å². The number of rotatable bonds is 6. The van der Waals surface area contributed by atoms with Crippen molar-refractivity contribution in [3.63, 3.8) is 0 Å². The third-order valence-electron chi connectivity index (χ3n) is 2.53. The van der Waals surface area contributed by atoms with Crippen molar-refractivity contribution in [2.75, 3.05) is 6.54 Å². The van der Waals surface area contributed by atoms with Gasteiger partial charge in [-0.15, -0.1) is 0 Å². The lowest BCUT2D eigenvalue weighted by molar-refractivity contribution is -0.141. The number of hydrogen-bond donors (Lipinski definition) is 2. The van der Waals surface area contributed by atoms with Crippen molar-refractivity contribution in [2.24, 2.45) is 5.92 Å². The summed E-state index contributed by atoms with van der Waals surface area (Å²) in [5, 5.41) is 11.7. The van der Waals surface area contributed by atoms with E-state index in [2.05, 4.69) is 10.3 Å². The van der Waals surface area contributed by atoms with Gasteiger partial charge in [0.05, 0.1) is 16.5 Å². The molecule has 0 fully saturated rings. The number of hydrogen-bond acceptors (Lipinski definition) is 3. The van der Waals surface area contributed by atoms with Gasteiger partial charge in [0.25, 0.3) is 5.91 Å². The van der Waals surface area contributed by atoms with Gasteiger partial charge in [-0.3, -0.25) is 14.6 Å². The summed E-state index contributed by atoms with van der Waals surface area (Å²) in [6, 6.07) is 1.54. The third-order valence-corrected chi connectivity index (χ3v) is 2.86. The van der Waals surface area contributed by atoms with Crippen molar-refractivity contribution in [1.29, 1.82) is 0 Å². The highest BCUT2D eigenvalue weighted by Crippen LogP contribution is 2.13. The number of nitrogens with zero attached hydrogens (tertiary/aromatic N) is 1. The molecular weight excluding hydrogens is 256 g/mol. The molecule has 0 aromatic carbocycles. The number of aliphatic carboxylic acids is 1. The van der Waals surface area contributed by atoms with Crippen LogP contribution in [0.1, 0.15) is 30.1 Å². The summed E-state index contributed by atoms with van der Waals surface area (Å²) < 4.78 is 0. The van der Waals surface area contributed by atoms with Crippen LogP contribution in [0.5, 0.6) is 0 Å². The van der Waals surface area contributed by atoms with Gasteiger partial charge < -0.3 is 10.4 Å². The van der Waals surface area contributed by atoms with Crippen LogP contribution in [0, 0.1) is 5.92 Å². The average molecular weight is 271 g/mol. The topological polar surface area (TPSA) is 79.3 Å². The summed E-state index contributed by atoms with van der Waals surface area (Å²) in [5.74, 6) is -1.52. The van der Waals surface area contributed by atoms with E-state index in [1.165, 1.54) is 12.4 Å². The Bertz CT molecular complexity index is 437. The van der Waals surface area contributed by atoms with Crippen molar-refractivity contribution in [2.45, 2.75) is 19.8 Å². The Morgan fingerprint density at radius 2 is 2.28 bits per heavy atom. The largest absolute Gasteiger partial charge is 0.481 e. The molecule has 0 saturated carbocycles. The number of carbonyl (C=O) groups excluding carboxylic acids is 1. The van der Waals surface area contributed by atoms with Gasteiger partial charge in [0.15, 0.2) is 0 Å². The fourth-order valence-corrected chi connectivity index (χ4v) is 1.56. The van der Waals surface area contributed by atoms with Gasteiger partial charge in [-0.2, -0.15) is 0 Å². The number of halogens is 1. The van der Waals surface area contributed by atoms with Crippen LogP contribution in [0.25, 0.3) is 0 Å². The van der Waals surface area contributed by atoms with Gasteiger partial charge in [-0.25, -0.2) is 0 Å². The summed E-state index contributed by atoms with van der Waals surface area (Å²) in [4.78, 5) is 26.1. The molecule has 0 aliphatic heterocycles. The lowest BCUT2D eigenvalue weighted by Gasteiger charge is -2.08. The first kappa shape index (κ1) is 14.4. The van der Waals surface area contributed by atoms with Gasteiger partial charge in [-0.1, -0.05) is 18.5 Å². The van der Waals surface area contributed by atoms with Crippen LogP contribution in [0.15, 0.2) is 18.5 Å². The minimum Gasteiger partial charge on any atom is -0.481 e. The van der Waals surface area contributed by atoms with Crippen LogP contribution >= 0.6 is 11.6 Å². The van der Waals surface area contributed by atoms with Crippen molar-refractivity contribution < 1.29 is 14.7 Å². The molecule has 0 radical (unpaired) electrons. The zero-order valence-corrected chi connectivity index (χ0v) is 10.8. The SMILES string of the molecule is CC(CCCNC(=O)c1cnccc1Cl)C(=O)O. The molecule has 1 unspecified atom stereocenters. The summed E-state index contributed by atoms with van der Waals surface area (Å²) in [6.45, 7) is 2.06. The van der Waals surface area contributed by atoms with Crippen molar-refractivity contribution in [1.82, 2.24) is 10.3 Å². The molecule has 1 aromatic rings. The summed E-state index contributed by atoms with van der Waals surface area (Å²) >= 11 is 5.85. The molecule has 1 rings (SSSR count). The average Bonchev–Trinajstić information content (AvgIpc) is 2.34. The molecule has 0 aliphatic rings. The van der Waals surface area contributed by atoms with Gasteiger partial charge in [0.1, 0.15) is 0 Å². The second kappa shape index (κ2) is 6.96. The van der Waals surface area contributed by atoms with Gasteiger partial charge in [-0.05, 0) is 18.9 Å². The number of carboxylic acid groups (broad SMARTS) is 1. The third kappa shape index (κ3) is 4.33. The summed E-state index contributed by atoms with van der Waals surface area (Å²) in [6.07, 6.45) is 4.04.